The minimum absolute atomic E-state index is 0.188. The van der Waals surface area contributed by atoms with Gasteiger partial charge < -0.3 is 11.1 Å². The van der Waals surface area contributed by atoms with Gasteiger partial charge in [-0.15, -0.1) is 0 Å². The van der Waals surface area contributed by atoms with E-state index in [1.54, 1.807) is 24.5 Å². The van der Waals surface area contributed by atoms with Crippen LogP contribution in [0.3, 0.4) is 0 Å². The molecule has 0 saturated heterocycles. The van der Waals surface area contributed by atoms with Crippen LogP contribution in [0.4, 0.5) is 10.1 Å². The van der Waals surface area contributed by atoms with Crippen LogP contribution in [-0.4, -0.2) is 9.97 Å². The molecule has 0 atom stereocenters. The Hall–Kier alpha value is -2.01. The summed E-state index contributed by atoms with van der Waals surface area (Å²) < 4.78 is 13.7. The highest BCUT2D eigenvalue weighted by atomic mass is 32.1. The number of aromatic nitrogens is 1. The fourth-order valence-corrected chi connectivity index (χ4v) is 1.64. The average Bonchev–Trinajstić information content (AvgIpc) is 2.38. The van der Waals surface area contributed by atoms with Crippen molar-refractivity contribution in [2.45, 2.75) is 6.54 Å². The van der Waals surface area contributed by atoms with Crippen molar-refractivity contribution in [2.24, 2.45) is 5.73 Å². The zero-order valence-electron chi connectivity index (χ0n) is 9.56. The molecule has 1 aromatic heterocycles. The van der Waals surface area contributed by atoms with Gasteiger partial charge in [0.25, 0.3) is 0 Å². The first-order chi connectivity index (χ1) is 8.66. The second-order valence-electron chi connectivity index (χ2n) is 3.77. The van der Waals surface area contributed by atoms with Gasteiger partial charge in [-0.05, 0) is 29.8 Å². The Kier molecular flexibility index (Phi) is 3.84. The van der Waals surface area contributed by atoms with Crippen molar-refractivity contribution in [1.29, 1.82) is 0 Å². The smallest absolute Gasteiger partial charge is 0.146 e. The average molecular weight is 261 g/mol. The Bertz CT molecular complexity index is 557. The fourth-order valence-electron chi connectivity index (χ4n) is 1.51. The molecule has 0 saturated carbocycles. The van der Waals surface area contributed by atoms with Gasteiger partial charge in [-0.2, -0.15) is 0 Å². The lowest BCUT2D eigenvalue weighted by Crippen LogP contribution is -2.10. The maximum absolute atomic E-state index is 13.7. The molecule has 0 unspecified atom stereocenters. The Morgan fingerprint density at radius 1 is 1.39 bits per heavy atom. The maximum atomic E-state index is 13.7. The van der Waals surface area contributed by atoms with Crippen LogP contribution in [0.5, 0.6) is 0 Å². The number of hydrogen-bond acceptors (Lipinski definition) is 3. The molecule has 18 heavy (non-hydrogen) atoms. The molecule has 1 aromatic carbocycles. The summed E-state index contributed by atoms with van der Waals surface area (Å²) >= 11 is 4.79. The van der Waals surface area contributed by atoms with E-state index in [-0.39, 0.29) is 10.8 Å². The number of benzene rings is 1. The fraction of sp³-hybridized carbons (Fsp3) is 0.0769. The van der Waals surface area contributed by atoms with Crippen molar-refractivity contribution in [1.82, 2.24) is 4.98 Å². The van der Waals surface area contributed by atoms with Gasteiger partial charge in [-0.25, -0.2) is 4.39 Å². The van der Waals surface area contributed by atoms with Crippen molar-refractivity contribution in [3.05, 3.63) is 59.7 Å². The van der Waals surface area contributed by atoms with Crippen LogP contribution in [0.15, 0.2) is 42.7 Å². The Morgan fingerprint density at radius 2 is 2.22 bits per heavy atom. The van der Waals surface area contributed by atoms with E-state index in [1.165, 1.54) is 6.07 Å². The monoisotopic (exact) mass is 261 g/mol. The van der Waals surface area contributed by atoms with Gasteiger partial charge in [0, 0.05) is 24.5 Å². The summed E-state index contributed by atoms with van der Waals surface area (Å²) in [7, 11) is 0. The summed E-state index contributed by atoms with van der Waals surface area (Å²) in [6.45, 7) is 0.511. The van der Waals surface area contributed by atoms with Gasteiger partial charge in [-0.1, -0.05) is 18.3 Å². The van der Waals surface area contributed by atoms with Crippen molar-refractivity contribution in [3.63, 3.8) is 0 Å². The molecule has 0 spiro atoms. The molecule has 92 valence electrons. The molecule has 1 heterocycles. The van der Waals surface area contributed by atoms with E-state index in [0.717, 1.165) is 5.56 Å². The highest BCUT2D eigenvalue weighted by molar-refractivity contribution is 7.80. The molecule has 2 rings (SSSR count). The molecule has 0 aliphatic carbocycles. The molecule has 0 aliphatic rings. The minimum Gasteiger partial charge on any atom is -0.389 e. The number of rotatable bonds is 4. The molecule has 0 aliphatic heterocycles. The number of anilines is 1. The Balaban J connectivity index is 2.08. The quantitative estimate of drug-likeness (QED) is 0.830. The van der Waals surface area contributed by atoms with Crippen LogP contribution >= 0.6 is 12.2 Å². The normalized spacial score (nSPS) is 10.1. The van der Waals surface area contributed by atoms with Crippen LogP contribution in [0, 0.1) is 5.82 Å². The lowest BCUT2D eigenvalue weighted by Gasteiger charge is -2.08. The summed E-state index contributed by atoms with van der Waals surface area (Å²) in [4.78, 5) is 4.18. The van der Waals surface area contributed by atoms with Gasteiger partial charge in [0.2, 0.25) is 0 Å². The number of hydrogen-bond donors (Lipinski definition) is 2. The van der Waals surface area contributed by atoms with Gasteiger partial charge >= 0.3 is 0 Å². The first-order valence-corrected chi connectivity index (χ1v) is 5.80. The predicted molar refractivity (Wildman–Crippen MR) is 73.9 cm³/mol. The molecule has 0 amide bonds. The number of halogens is 1. The van der Waals surface area contributed by atoms with Gasteiger partial charge in [-0.3, -0.25) is 4.98 Å². The van der Waals surface area contributed by atoms with Gasteiger partial charge in [0.15, 0.2) is 0 Å². The third kappa shape index (κ3) is 3.01. The summed E-state index contributed by atoms with van der Waals surface area (Å²) in [6, 6.07) is 8.40. The number of nitrogens with two attached hydrogens (primary N) is 1. The first kappa shape index (κ1) is 12.4. The van der Waals surface area contributed by atoms with E-state index in [9.17, 15) is 4.39 Å². The molecule has 0 bridgehead atoms. The standard InChI is InChI=1S/C13H12FN3S/c14-11-6-10(13(15)18)3-4-12(11)17-8-9-2-1-5-16-7-9/h1-7,17H,8H2,(H2,15,18). The van der Waals surface area contributed by atoms with E-state index in [2.05, 4.69) is 10.3 Å². The largest absolute Gasteiger partial charge is 0.389 e. The summed E-state index contributed by atoms with van der Waals surface area (Å²) in [5, 5.41) is 3.00. The third-order valence-electron chi connectivity index (χ3n) is 2.46. The van der Waals surface area contributed by atoms with Crippen molar-refractivity contribution in [3.8, 4) is 0 Å². The second-order valence-corrected chi connectivity index (χ2v) is 4.21. The van der Waals surface area contributed by atoms with Crippen molar-refractivity contribution in [2.75, 3.05) is 5.32 Å². The van der Waals surface area contributed by atoms with E-state index in [1.807, 2.05) is 12.1 Å². The van der Waals surface area contributed by atoms with E-state index in [0.29, 0.717) is 17.8 Å². The topological polar surface area (TPSA) is 50.9 Å². The molecular formula is C13H12FN3S. The lowest BCUT2D eigenvalue weighted by atomic mass is 10.2. The third-order valence-corrected chi connectivity index (χ3v) is 2.70. The zero-order valence-corrected chi connectivity index (χ0v) is 10.4. The Morgan fingerprint density at radius 3 is 2.83 bits per heavy atom. The van der Waals surface area contributed by atoms with E-state index in [4.69, 9.17) is 18.0 Å². The zero-order chi connectivity index (χ0) is 13.0. The van der Waals surface area contributed by atoms with Crippen LogP contribution in [0.2, 0.25) is 0 Å². The summed E-state index contributed by atoms with van der Waals surface area (Å²) in [5.74, 6) is -0.371. The summed E-state index contributed by atoms with van der Waals surface area (Å²) in [6.07, 6.45) is 3.43. The predicted octanol–water partition coefficient (Wildman–Crippen LogP) is 2.47. The highest BCUT2D eigenvalue weighted by Gasteiger charge is 2.04. The van der Waals surface area contributed by atoms with Crippen LogP contribution in [-0.2, 0) is 6.54 Å². The number of pyridine rings is 1. The van der Waals surface area contributed by atoms with Gasteiger partial charge in [0.1, 0.15) is 10.8 Å². The lowest BCUT2D eigenvalue weighted by molar-refractivity contribution is 0.630. The number of nitrogens with one attached hydrogen (secondary N) is 1. The van der Waals surface area contributed by atoms with E-state index < -0.39 is 0 Å². The van der Waals surface area contributed by atoms with Crippen molar-refractivity contribution >= 4 is 22.9 Å². The van der Waals surface area contributed by atoms with E-state index >= 15 is 0 Å². The second kappa shape index (κ2) is 5.55. The molecule has 2 aromatic rings. The molecule has 5 heteroatoms. The number of nitrogens with zero attached hydrogens (tertiary/aromatic N) is 1. The van der Waals surface area contributed by atoms with Gasteiger partial charge in [0.05, 0.1) is 5.69 Å². The first-order valence-electron chi connectivity index (χ1n) is 5.39. The van der Waals surface area contributed by atoms with Crippen LogP contribution in [0.1, 0.15) is 11.1 Å². The highest BCUT2D eigenvalue weighted by Crippen LogP contribution is 2.16. The van der Waals surface area contributed by atoms with Crippen LogP contribution in [0.25, 0.3) is 0 Å². The molecule has 3 nitrogen and oxygen atoms in total. The molecular weight excluding hydrogens is 249 g/mol. The molecule has 0 fully saturated rings. The minimum atomic E-state index is -0.371. The Labute approximate surface area is 110 Å². The molecule has 0 radical (unpaired) electrons. The van der Waals surface area contributed by atoms with Crippen LogP contribution < -0.4 is 11.1 Å². The number of thiocarbonyl (C=S) groups is 1. The summed E-state index contributed by atoms with van der Waals surface area (Å²) in [5.41, 5.74) is 7.35. The van der Waals surface area contributed by atoms with Crippen molar-refractivity contribution < 1.29 is 4.39 Å². The molecule has 3 N–H and O–H groups in total. The maximum Gasteiger partial charge on any atom is 0.146 e. The SMILES string of the molecule is NC(=S)c1ccc(NCc2cccnc2)c(F)c1.